The molecule has 27 heavy (non-hydrogen) atoms. The molecule has 3 aromatic rings. The minimum Gasteiger partial charge on any atom is -0.314 e. The van der Waals surface area contributed by atoms with Gasteiger partial charge in [-0.2, -0.15) is 0 Å². The number of carbonyl (C=O) groups excluding carboxylic acids is 1. The van der Waals surface area contributed by atoms with Crippen LogP contribution in [0.2, 0.25) is 0 Å². The molecule has 0 atom stereocenters. The predicted molar refractivity (Wildman–Crippen MR) is 115 cm³/mol. The third kappa shape index (κ3) is 5.62. The highest BCUT2D eigenvalue weighted by Gasteiger charge is 2.14. The maximum atomic E-state index is 12.3. The van der Waals surface area contributed by atoms with Gasteiger partial charge in [-0.3, -0.25) is 10.1 Å². The van der Waals surface area contributed by atoms with Crippen molar-refractivity contribution in [2.75, 3.05) is 4.90 Å². The number of anilines is 1. The van der Waals surface area contributed by atoms with Crippen molar-refractivity contribution in [2.45, 2.75) is 6.54 Å². The third-order valence-electron chi connectivity index (χ3n) is 3.95. The van der Waals surface area contributed by atoms with Crippen molar-refractivity contribution in [3.05, 3.63) is 108 Å². The molecule has 0 saturated carbocycles. The van der Waals surface area contributed by atoms with Gasteiger partial charge in [-0.25, -0.2) is 0 Å². The van der Waals surface area contributed by atoms with Gasteiger partial charge >= 0.3 is 0 Å². The summed E-state index contributed by atoms with van der Waals surface area (Å²) in [6, 6.07) is 29.5. The lowest BCUT2D eigenvalue weighted by Crippen LogP contribution is -2.41. The quantitative estimate of drug-likeness (QED) is 0.515. The van der Waals surface area contributed by atoms with Crippen LogP contribution >= 0.6 is 12.2 Å². The first-order chi connectivity index (χ1) is 13.2. The summed E-state index contributed by atoms with van der Waals surface area (Å²) in [6.45, 7) is 0.576. The van der Waals surface area contributed by atoms with Crippen LogP contribution in [-0.2, 0) is 11.3 Å². The summed E-state index contributed by atoms with van der Waals surface area (Å²) in [4.78, 5) is 14.2. The fourth-order valence-electron chi connectivity index (χ4n) is 2.60. The molecule has 134 valence electrons. The summed E-state index contributed by atoms with van der Waals surface area (Å²) in [5, 5.41) is 3.17. The molecule has 0 radical (unpaired) electrons. The number of amides is 1. The van der Waals surface area contributed by atoms with E-state index in [1.807, 2.05) is 95.9 Å². The second-order valence-corrected chi connectivity index (χ2v) is 6.33. The molecule has 0 aliphatic carbocycles. The molecule has 0 unspecified atom stereocenters. The molecule has 3 rings (SSSR count). The van der Waals surface area contributed by atoms with Crippen molar-refractivity contribution in [1.29, 1.82) is 0 Å². The standard InChI is InChI=1S/C23H20N2OS/c26-22(17-16-19-10-4-1-5-11-19)24-23(27)25(21-14-8-3-9-15-21)18-20-12-6-2-7-13-20/h1-17H,18H2,(H,24,26,27)/b17-16+. The summed E-state index contributed by atoms with van der Waals surface area (Å²) in [5.41, 5.74) is 3.00. The van der Waals surface area contributed by atoms with Crippen LogP contribution in [0.15, 0.2) is 97.1 Å². The summed E-state index contributed by atoms with van der Waals surface area (Å²) in [5.74, 6) is -0.252. The van der Waals surface area contributed by atoms with E-state index >= 15 is 0 Å². The normalized spacial score (nSPS) is 10.5. The monoisotopic (exact) mass is 372 g/mol. The Labute approximate surface area is 165 Å². The van der Waals surface area contributed by atoms with Crippen LogP contribution < -0.4 is 10.2 Å². The van der Waals surface area contributed by atoms with E-state index in [2.05, 4.69) is 5.32 Å². The lowest BCUT2D eigenvalue weighted by atomic mass is 10.2. The highest BCUT2D eigenvalue weighted by Crippen LogP contribution is 2.17. The van der Waals surface area contributed by atoms with Gasteiger partial charge in [0.1, 0.15) is 0 Å². The maximum Gasteiger partial charge on any atom is 0.250 e. The van der Waals surface area contributed by atoms with Crippen LogP contribution in [0.5, 0.6) is 0 Å². The van der Waals surface area contributed by atoms with Crippen molar-refractivity contribution in [1.82, 2.24) is 5.32 Å². The predicted octanol–water partition coefficient (Wildman–Crippen LogP) is 4.81. The molecule has 3 aromatic carbocycles. The molecule has 0 fully saturated rings. The van der Waals surface area contributed by atoms with Crippen LogP contribution in [0.4, 0.5) is 5.69 Å². The minimum atomic E-state index is -0.252. The van der Waals surface area contributed by atoms with Crippen LogP contribution in [0.3, 0.4) is 0 Å². The smallest absolute Gasteiger partial charge is 0.250 e. The van der Waals surface area contributed by atoms with Gasteiger partial charge < -0.3 is 4.90 Å². The second-order valence-electron chi connectivity index (χ2n) is 5.95. The Bertz CT molecular complexity index is 909. The number of hydrogen-bond donors (Lipinski definition) is 1. The fourth-order valence-corrected chi connectivity index (χ4v) is 2.88. The summed E-state index contributed by atoms with van der Waals surface area (Å²) in [6.07, 6.45) is 3.26. The van der Waals surface area contributed by atoms with E-state index in [1.165, 1.54) is 6.08 Å². The summed E-state index contributed by atoms with van der Waals surface area (Å²) < 4.78 is 0. The minimum absolute atomic E-state index is 0.252. The molecule has 4 heteroatoms. The van der Waals surface area contributed by atoms with Gasteiger partial charge in [-0.05, 0) is 41.6 Å². The van der Waals surface area contributed by atoms with Crippen molar-refractivity contribution >= 4 is 35.0 Å². The van der Waals surface area contributed by atoms with Gasteiger partial charge in [0.05, 0.1) is 6.54 Å². The lowest BCUT2D eigenvalue weighted by Gasteiger charge is -2.25. The Hall–Kier alpha value is -3.24. The summed E-state index contributed by atoms with van der Waals surface area (Å²) in [7, 11) is 0. The van der Waals surface area contributed by atoms with E-state index in [9.17, 15) is 4.79 Å². The molecule has 0 bridgehead atoms. The first kappa shape index (κ1) is 18.5. The van der Waals surface area contributed by atoms with Gasteiger partial charge in [-0.15, -0.1) is 0 Å². The Balaban J connectivity index is 1.72. The number of thiocarbonyl (C=S) groups is 1. The average Bonchev–Trinajstić information content (AvgIpc) is 2.72. The third-order valence-corrected chi connectivity index (χ3v) is 4.28. The van der Waals surface area contributed by atoms with Gasteiger partial charge in [0, 0.05) is 11.8 Å². The van der Waals surface area contributed by atoms with E-state index in [1.54, 1.807) is 6.08 Å². The first-order valence-electron chi connectivity index (χ1n) is 8.67. The van der Waals surface area contributed by atoms with Gasteiger partial charge in [0.15, 0.2) is 5.11 Å². The van der Waals surface area contributed by atoms with E-state index in [0.717, 1.165) is 16.8 Å². The number of nitrogens with one attached hydrogen (secondary N) is 1. The van der Waals surface area contributed by atoms with E-state index in [0.29, 0.717) is 11.7 Å². The Kier molecular flexibility index (Phi) is 6.50. The number of carbonyl (C=O) groups is 1. The highest BCUT2D eigenvalue weighted by molar-refractivity contribution is 7.80. The fraction of sp³-hybridized carbons (Fsp3) is 0.0435. The van der Waals surface area contributed by atoms with Crippen LogP contribution in [0, 0.1) is 0 Å². The molecule has 0 aromatic heterocycles. The molecule has 0 spiro atoms. The zero-order chi connectivity index (χ0) is 18.9. The largest absolute Gasteiger partial charge is 0.314 e. The van der Waals surface area contributed by atoms with Crippen LogP contribution in [0.25, 0.3) is 6.08 Å². The van der Waals surface area contributed by atoms with Crippen LogP contribution in [0.1, 0.15) is 11.1 Å². The first-order valence-corrected chi connectivity index (χ1v) is 9.08. The van der Waals surface area contributed by atoms with Crippen molar-refractivity contribution in [3.8, 4) is 0 Å². The molecule has 1 N–H and O–H groups in total. The molecule has 1 amide bonds. The number of nitrogens with zero attached hydrogens (tertiary/aromatic N) is 1. The SMILES string of the molecule is O=C(/C=C/c1ccccc1)NC(=S)N(Cc1ccccc1)c1ccccc1. The number of hydrogen-bond acceptors (Lipinski definition) is 2. The Morgan fingerprint density at radius 3 is 2.04 bits per heavy atom. The zero-order valence-electron chi connectivity index (χ0n) is 14.8. The lowest BCUT2D eigenvalue weighted by molar-refractivity contribution is -0.115. The molecule has 0 aliphatic heterocycles. The van der Waals surface area contributed by atoms with Crippen molar-refractivity contribution < 1.29 is 4.79 Å². The van der Waals surface area contributed by atoms with Crippen molar-refractivity contribution in [2.24, 2.45) is 0 Å². The molecular formula is C23H20N2OS. The molecule has 0 saturated heterocycles. The second kappa shape index (κ2) is 9.46. The molecule has 0 aliphatic rings. The Morgan fingerprint density at radius 1 is 0.852 bits per heavy atom. The van der Waals surface area contributed by atoms with Crippen LogP contribution in [-0.4, -0.2) is 11.0 Å². The average molecular weight is 372 g/mol. The molecule has 0 heterocycles. The highest BCUT2D eigenvalue weighted by atomic mass is 32.1. The summed E-state index contributed by atoms with van der Waals surface area (Å²) >= 11 is 5.52. The van der Waals surface area contributed by atoms with Crippen molar-refractivity contribution in [3.63, 3.8) is 0 Å². The van der Waals surface area contributed by atoms with Gasteiger partial charge in [-0.1, -0.05) is 78.9 Å². The maximum absolute atomic E-state index is 12.3. The topological polar surface area (TPSA) is 32.3 Å². The zero-order valence-corrected chi connectivity index (χ0v) is 15.6. The van der Waals surface area contributed by atoms with Gasteiger partial charge in [0.25, 0.3) is 0 Å². The molecule has 3 nitrogen and oxygen atoms in total. The van der Waals surface area contributed by atoms with E-state index < -0.39 is 0 Å². The number of rotatable bonds is 5. The number of benzene rings is 3. The van der Waals surface area contributed by atoms with E-state index in [4.69, 9.17) is 12.2 Å². The Morgan fingerprint density at radius 2 is 1.41 bits per heavy atom. The van der Waals surface area contributed by atoms with Gasteiger partial charge in [0.2, 0.25) is 5.91 Å². The van der Waals surface area contributed by atoms with E-state index in [-0.39, 0.29) is 5.91 Å². The number of para-hydroxylation sites is 1. The molecular weight excluding hydrogens is 352 g/mol.